The number of nitrogens with zero attached hydrogens (tertiary/aromatic N) is 2. The first kappa shape index (κ1) is 15.8. The third-order valence-electron chi connectivity index (χ3n) is 3.66. The van der Waals surface area contributed by atoms with E-state index in [0.717, 1.165) is 6.42 Å². The number of nitrogens with one attached hydrogen (secondary N) is 1. The predicted octanol–water partition coefficient (Wildman–Crippen LogP) is 2.65. The van der Waals surface area contributed by atoms with E-state index in [1.54, 1.807) is 18.2 Å². The number of carbonyl (C=O) groups excluding carboxylic acids is 1. The number of carbonyl (C=O) groups is 1. The van der Waals surface area contributed by atoms with Crippen molar-refractivity contribution in [1.82, 2.24) is 0 Å². The van der Waals surface area contributed by atoms with E-state index >= 15 is 0 Å². The molecule has 2 N–H and O–H groups in total. The minimum absolute atomic E-state index is 0.126. The van der Waals surface area contributed by atoms with Crippen LogP contribution in [0, 0.1) is 0 Å². The van der Waals surface area contributed by atoms with Crippen molar-refractivity contribution in [2.24, 2.45) is 10.1 Å². The molecule has 2 heterocycles. The second-order valence-electron chi connectivity index (χ2n) is 5.23. The molecule has 0 saturated heterocycles. The summed E-state index contributed by atoms with van der Waals surface area (Å²) in [6, 6.07) is 10.4. The number of rotatable bonds is 5. The zero-order valence-electron chi connectivity index (χ0n) is 13.1. The molecule has 1 aromatic heterocycles. The lowest BCUT2D eigenvalue weighted by molar-refractivity contribution is -0.110. The van der Waals surface area contributed by atoms with Gasteiger partial charge in [-0.15, -0.1) is 0 Å². The van der Waals surface area contributed by atoms with Crippen molar-refractivity contribution in [2.75, 3.05) is 11.9 Å². The molecule has 0 unspecified atom stereocenters. The highest BCUT2D eigenvalue weighted by Gasteiger charge is 2.23. The molecule has 1 atom stereocenters. The number of hydrogen-bond acceptors (Lipinski definition) is 6. The fraction of sp³-hybridized carbons (Fsp3) is 0.235. The maximum absolute atomic E-state index is 12.4. The summed E-state index contributed by atoms with van der Waals surface area (Å²) in [5.74, 6) is 0.0803. The van der Waals surface area contributed by atoms with Gasteiger partial charge in [0.05, 0.1) is 23.6 Å². The number of ether oxygens (including phenoxy) is 1. The molecule has 1 aliphatic rings. The summed E-state index contributed by atoms with van der Waals surface area (Å²) in [4.78, 5) is 16.9. The molecule has 124 valence electrons. The van der Waals surface area contributed by atoms with Crippen LogP contribution in [0.3, 0.4) is 0 Å². The third-order valence-corrected chi connectivity index (χ3v) is 3.66. The van der Waals surface area contributed by atoms with E-state index in [9.17, 15) is 4.79 Å². The Balaban J connectivity index is 1.85. The van der Waals surface area contributed by atoms with Crippen LogP contribution in [0.1, 0.15) is 24.7 Å². The van der Waals surface area contributed by atoms with Crippen molar-refractivity contribution >= 4 is 23.2 Å². The molecule has 0 saturated carbocycles. The summed E-state index contributed by atoms with van der Waals surface area (Å²) in [6.45, 7) is 2.57. The zero-order chi connectivity index (χ0) is 16.9. The topological polar surface area (TPSA) is 96.4 Å². The van der Waals surface area contributed by atoms with E-state index in [1.807, 2.05) is 19.1 Å². The van der Waals surface area contributed by atoms with Crippen LogP contribution in [0.25, 0.3) is 0 Å². The van der Waals surface area contributed by atoms with Crippen LogP contribution in [-0.4, -0.2) is 35.4 Å². The fourth-order valence-corrected chi connectivity index (χ4v) is 2.35. The Morgan fingerprint density at radius 1 is 1.38 bits per heavy atom. The number of para-hydroxylation sites is 1. The number of amides is 1. The van der Waals surface area contributed by atoms with Crippen LogP contribution in [0.4, 0.5) is 5.69 Å². The van der Waals surface area contributed by atoms with Crippen molar-refractivity contribution in [1.29, 1.82) is 0 Å². The standard InChI is InChI=1S/C17H17N3O4/c1-2-11-10-24-17(18-11)12-6-3-4-7-13(12)19-16(21)15(20-22)14-8-5-9-23-14/h3-9,11,22H,2,10H2,1H3,(H,19,21)/b20-15-/t11-/m1/s1. The first-order valence-corrected chi connectivity index (χ1v) is 7.60. The van der Waals surface area contributed by atoms with Crippen LogP contribution in [0.15, 0.2) is 57.2 Å². The zero-order valence-corrected chi connectivity index (χ0v) is 13.1. The molecule has 1 aromatic carbocycles. The number of benzene rings is 1. The largest absolute Gasteiger partial charge is 0.475 e. The summed E-state index contributed by atoms with van der Waals surface area (Å²) >= 11 is 0. The number of hydrogen-bond donors (Lipinski definition) is 2. The quantitative estimate of drug-likeness (QED) is 0.501. The highest BCUT2D eigenvalue weighted by Crippen LogP contribution is 2.21. The molecule has 1 amide bonds. The molecule has 0 radical (unpaired) electrons. The normalized spacial score (nSPS) is 17.3. The van der Waals surface area contributed by atoms with Gasteiger partial charge in [-0.25, -0.2) is 4.99 Å². The van der Waals surface area contributed by atoms with E-state index < -0.39 is 5.91 Å². The molecular formula is C17H17N3O4. The van der Waals surface area contributed by atoms with Gasteiger partial charge in [-0.1, -0.05) is 24.2 Å². The maximum atomic E-state index is 12.4. The lowest BCUT2D eigenvalue weighted by atomic mass is 10.1. The molecule has 3 rings (SSSR count). The van der Waals surface area contributed by atoms with Crippen molar-refractivity contribution in [3.63, 3.8) is 0 Å². The minimum atomic E-state index is -0.592. The number of oxime groups is 1. The van der Waals surface area contributed by atoms with Crippen LogP contribution < -0.4 is 5.32 Å². The highest BCUT2D eigenvalue weighted by atomic mass is 16.5. The Morgan fingerprint density at radius 2 is 2.21 bits per heavy atom. The third kappa shape index (κ3) is 3.15. The average Bonchev–Trinajstić information content (AvgIpc) is 3.28. The predicted molar refractivity (Wildman–Crippen MR) is 88.7 cm³/mol. The highest BCUT2D eigenvalue weighted by molar-refractivity contribution is 6.48. The van der Waals surface area contributed by atoms with Crippen LogP contribution in [0.5, 0.6) is 0 Å². The molecular weight excluding hydrogens is 310 g/mol. The molecule has 2 aromatic rings. The number of aliphatic imine (C=N–C) groups is 1. The summed E-state index contributed by atoms with van der Waals surface area (Å²) in [7, 11) is 0. The van der Waals surface area contributed by atoms with E-state index in [-0.39, 0.29) is 17.5 Å². The monoisotopic (exact) mass is 327 g/mol. The number of furan rings is 1. The van der Waals surface area contributed by atoms with Crippen molar-refractivity contribution < 1.29 is 19.2 Å². The Morgan fingerprint density at radius 3 is 2.88 bits per heavy atom. The summed E-state index contributed by atoms with van der Waals surface area (Å²) in [5.41, 5.74) is 0.986. The van der Waals surface area contributed by atoms with E-state index in [4.69, 9.17) is 14.4 Å². The van der Waals surface area contributed by atoms with Crippen molar-refractivity contribution in [2.45, 2.75) is 19.4 Å². The van der Waals surface area contributed by atoms with Gasteiger partial charge in [-0.05, 0) is 30.7 Å². The molecule has 24 heavy (non-hydrogen) atoms. The Labute approximate surface area is 138 Å². The SMILES string of the molecule is CC[C@@H]1COC(c2ccccc2NC(=O)/C(=N\O)c2ccco2)=N1. The maximum Gasteiger partial charge on any atom is 0.281 e. The molecule has 0 aliphatic carbocycles. The molecule has 1 aliphatic heterocycles. The first-order valence-electron chi connectivity index (χ1n) is 7.60. The molecule has 7 nitrogen and oxygen atoms in total. The first-order chi connectivity index (χ1) is 11.7. The summed E-state index contributed by atoms with van der Waals surface area (Å²) in [5, 5.41) is 14.8. The molecule has 0 bridgehead atoms. The van der Waals surface area contributed by atoms with Crippen LogP contribution in [-0.2, 0) is 9.53 Å². The minimum Gasteiger partial charge on any atom is -0.475 e. The number of anilines is 1. The van der Waals surface area contributed by atoms with E-state index in [0.29, 0.717) is 23.8 Å². The lowest BCUT2D eigenvalue weighted by Crippen LogP contribution is -2.24. The second kappa shape index (κ2) is 6.99. The molecule has 7 heteroatoms. The molecule has 0 fully saturated rings. The van der Waals surface area contributed by atoms with E-state index in [1.165, 1.54) is 12.3 Å². The van der Waals surface area contributed by atoms with Gasteiger partial charge >= 0.3 is 0 Å². The van der Waals surface area contributed by atoms with Gasteiger partial charge in [0.15, 0.2) is 5.76 Å². The lowest BCUT2D eigenvalue weighted by Gasteiger charge is -2.10. The van der Waals surface area contributed by atoms with Crippen LogP contribution in [0.2, 0.25) is 0 Å². The van der Waals surface area contributed by atoms with Gasteiger partial charge in [-0.2, -0.15) is 0 Å². The van der Waals surface area contributed by atoms with Gasteiger partial charge in [-0.3, -0.25) is 4.79 Å². The van der Waals surface area contributed by atoms with E-state index in [2.05, 4.69) is 15.5 Å². The average molecular weight is 327 g/mol. The van der Waals surface area contributed by atoms with Crippen LogP contribution >= 0.6 is 0 Å². The Bertz CT molecular complexity index is 781. The van der Waals surface area contributed by atoms with Gasteiger partial charge in [0.2, 0.25) is 11.6 Å². The Kier molecular flexibility index (Phi) is 4.60. The fourth-order valence-electron chi connectivity index (χ4n) is 2.35. The summed E-state index contributed by atoms with van der Waals surface area (Å²) in [6.07, 6.45) is 2.28. The van der Waals surface area contributed by atoms with Crippen molar-refractivity contribution in [3.8, 4) is 0 Å². The van der Waals surface area contributed by atoms with Gasteiger partial charge in [0.25, 0.3) is 5.91 Å². The second-order valence-corrected chi connectivity index (χ2v) is 5.23. The summed E-state index contributed by atoms with van der Waals surface area (Å²) < 4.78 is 10.7. The Hall–Kier alpha value is -3.09. The van der Waals surface area contributed by atoms with Gasteiger partial charge in [0, 0.05) is 0 Å². The smallest absolute Gasteiger partial charge is 0.281 e. The van der Waals surface area contributed by atoms with Crippen molar-refractivity contribution in [3.05, 3.63) is 54.0 Å². The van der Waals surface area contributed by atoms with Gasteiger partial charge < -0.3 is 19.7 Å². The molecule has 0 spiro atoms. The van der Waals surface area contributed by atoms with Gasteiger partial charge in [0.1, 0.15) is 6.61 Å².